The van der Waals surface area contributed by atoms with Crippen molar-refractivity contribution in [2.75, 3.05) is 6.61 Å². The van der Waals surface area contributed by atoms with Crippen LogP contribution in [0.4, 0.5) is 0 Å². The number of ether oxygens (including phenoxy) is 2. The first-order chi connectivity index (χ1) is 12.0. The van der Waals surface area contributed by atoms with Crippen molar-refractivity contribution in [3.05, 3.63) is 71.8 Å². The highest BCUT2D eigenvalue weighted by Gasteiger charge is 2.09. The van der Waals surface area contributed by atoms with Gasteiger partial charge in [0.05, 0.1) is 23.8 Å². The zero-order valence-electron chi connectivity index (χ0n) is 13.3. The molecule has 0 saturated heterocycles. The second-order valence-corrected chi connectivity index (χ2v) is 5.06. The van der Waals surface area contributed by atoms with Gasteiger partial charge in [-0.3, -0.25) is 0 Å². The third-order valence-electron chi connectivity index (χ3n) is 3.26. The number of aliphatic carboxylic acids is 1. The fourth-order valence-corrected chi connectivity index (χ4v) is 1.85. The molecule has 0 heterocycles. The first-order valence-corrected chi connectivity index (χ1v) is 7.36. The lowest BCUT2D eigenvalue weighted by atomic mass is 10.1. The largest absolute Gasteiger partial charge is 0.493 e. The highest BCUT2D eigenvalue weighted by Crippen LogP contribution is 2.19. The summed E-state index contributed by atoms with van der Waals surface area (Å²) in [6.07, 6.45) is 0.213. The number of carboxylic acids is 1. The Hall–Kier alpha value is -3.59. The molecule has 6 nitrogen and oxygen atoms in total. The normalized spacial score (nSPS) is 9.72. The van der Waals surface area contributed by atoms with Crippen molar-refractivity contribution < 1.29 is 24.2 Å². The number of carboxylic acid groups (broad SMARTS) is 1. The average Bonchev–Trinajstić information content (AvgIpc) is 2.63. The predicted molar refractivity (Wildman–Crippen MR) is 89.4 cm³/mol. The van der Waals surface area contributed by atoms with E-state index in [4.69, 9.17) is 19.8 Å². The molecular weight excluding hydrogens is 322 g/mol. The van der Waals surface area contributed by atoms with Gasteiger partial charge in [-0.2, -0.15) is 5.26 Å². The molecule has 0 aliphatic carbocycles. The van der Waals surface area contributed by atoms with Crippen molar-refractivity contribution in [3.63, 3.8) is 0 Å². The summed E-state index contributed by atoms with van der Waals surface area (Å²) in [5, 5.41) is 17.4. The molecule has 0 atom stereocenters. The van der Waals surface area contributed by atoms with Gasteiger partial charge < -0.3 is 14.6 Å². The summed E-state index contributed by atoms with van der Waals surface area (Å²) in [5.41, 5.74) is 0.878. The topological polar surface area (TPSA) is 96.6 Å². The first kappa shape index (κ1) is 17.8. The van der Waals surface area contributed by atoms with E-state index in [1.165, 1.54) is 12.1 Å². The fourth-order valence-electron chi connectivity index (χ4n) is 1.85. The second kappa shape index (κ2) is 8.31. The highest BCUT2D eigenvalue weighted by molar-refractivity contribution is 5.91. The Labute approximate surface area is 144 Å². The van der Waals surface area contributed by atoms with Gasteiger partial charge in [0, 0.05) is 12.0 Å². The van der Waals surface area contributed by atoms with E-state index in [0.29, 0.717) is 22.6 Å². The average molecular weight is 337 g/mol. The lowest BCUT2D eigenvalue weighted by Gasteiger charge is -2.08. The van der Waals surface area contributed by atoms with Crippen LogP contribution in [-0.4, -0.2) is 23.7 Å². The number of nitrogens with zero attached hydrogens (tertiary/aromatic N) is 1. The molecule has 1 N–H and O–H groups in total. The minimum atomic E-state index is -1.05. The summed E-state index contributed by atoms with van der Waals surface area (Å²) >= 11 is 0. The molecule has 0 unspecified atom stereocenters. The Morgan fingerprint density at radius 1 is 1.04 bits per heavy atom. The molecule has 126 valence electrons. The SMILES string of the molecule is C=C(CCOc1ccc(OC(=O)c2ccc(C#N)cc2)cc1)C(=O)O. The molecule has 0 aliphatic heterocycles. The van der Waals surface area contributed by atoms with Crippen LogP contribution in [0.2, 0.25) is 0 Å². The van der Waals surface area contributed by atoms with Gasteiger partial charge in [0.25, 0.3) is 0 Å². The van der Waals surface area contributed by atoms with Crippen molar-refractivity contribution in [3.8, 4) is 17.6 Å². The molecule has 25 heavy (non-hydrogen) atoms. The summed E-state index contributed by atoms with van der Waals surface area (Å²) in [5.74, 6) is -0.711. The Kier molecular flexibility index (Phi) is 5.91. The number of esters is 1. The molecule has 0 radical (unpaired) electrons. The molecule has 0 spiro atoms. The van der Waals surface area contributed by atoms with Crippen molar-refractivity contribution in [1.29, 1.82) is 5.26 Å². The van der Waals surface area contributed by atoms with Gasteiger partial charge in [-0.25, -0.2) is 9.59 Å². The van der Waals surface area contributed by atoms with Gasteiger partial charge in [-0.05, 0) is 48.5 Å². The molecule has 0 fully saturated rings. The zero-order valence-corrected chi connectivity index (χ0v) is 13.3. The minimum absolute atomic E-state index is 0.0768. The van der Waals surface area contributed by atoms with Gasteiger partial charge in [0.1, 0.15) is 11.5 Å². The van der Waals surface area contributed by atoms with Gasteiger partial charge in [-0.1, -0.05) is 6.58 Å². The lowest BCUT2D eigenvalue weighted by Crippen LogP contribution is -2.08. The van der Waals surface area contributed by atoms with Gasteiger partial charge in [-0.15, -0.1) is 0 Å². The number of rotatable bonds is 7. The molecule has 2 rings (SSSR count). The van der Waals surface area contributed by atoms with Crippen LogP contribution in [0.3, 0.4) is 0 Å². The van der Waals surface area contributed by atoms with E-state index in [1.807, 2.05) is 6.07 Å². The van der Waals surface area contributed by atoms with Gasteiger partial charge in [0.15, 0.2) is 0 Å². The molecule has 0 aromatic heterocycles. The molecule has 0 aliphatic rings. The summed E-state index contributed by atoms with van der Waals surface area (Å²) in [4.78, 5) is 22.6. The smallest absolute Gasteiger partial charge is 0.343 e. The molecule has 0 amide bonds. The van der Waals surface area contributed by atoms with E-state index in [2.05, 4.69) is 6.58 Å². The first-order valence-electron chi connectivity index (χ1n) is 7.36. The highest BCUT2D eigenvalue weighted by atomic mass is 16.5. The maximum absolute atomic E-state index is 12.0. The summed E-state index contributed by atoms with van der Waals surface area (Å²) in [6.45, 7) is 3.61. The Bertz CT molecular complexity index is 816. The summed E-state index contributed by atoms with van der Waals surface area (Å²) in [7, 11) is 0. The van der Waals surface area contributed by atoms with Crippen molar-refractivity contribution in [2.24, 2.45) is 0 Å². The maximum atomic E-state index is 12.0. The van der Waals surface area contributed by atoms with Crippen LogP contribution < -0.4 is 9.47 Å². The molecule has 0 saturated carbocycles. The second-order valence-electron chi connectivity index (χ2n) is 5.06. The molecule has 6 heteroatoms. The Balaban J connectivity index is 1.89. The maximum Gasteiger partial charge on any atom is 0.343 e. The van der Waals surface area contributed by atoms with Gasteiger partial charge >= 0.3 is 11.9 Å². The Morgan fingerprint density at radius 3 is 2.20 bits per heavy atom. The quantitative estimate of drug-likeness (QED) is 0.473. The van der Waals surface area contributed by atoms with Crippen LogP contribution in [0, 0.1) is 11.3 Å². The third-order valence-corrected chi connectivity index (χ3v) is 3.26. The van der Waals surface area contributed by atoms with Gasteiger partial charge in [0.2, 0.25) is 0 Å². The van der Waals surface area contributed by atoms with E-state index in [1.54, 1.807) is 36.4 Å². The monoisotopic (exact) mass is 337 g/mol. The van der Waals surface area contributed by atoms with Crippen molar-refractivity contribution >= 4 is 11.9 Å². The summed E-state index contributed by atoms with van der Waals surface area (Å²) < 4.78 is 10.6. The van der Waals surface area contributed by atoms with Crippen molar-refractivity contribution in [2.45, 2.75) is 6.42 Å². The van der Waals surface area contributed by atoms with E-state index in [-0.39, 0.29) is 18.6 Å². The van der Waals surface area contributed by atoms with Crippen LogP contribution in [0.25, 0.3) is 0 Å². The summed E-state index contributed by atoms with van der Waals surface area (Å²) in [6, 6.07) is 14.5. The molecule has 2 aromatic carbocycles. The molecule has 0 bridgehead atoms. The molecular formula is C19H15NO5. The van der Waals surface area contributed by atoms with E-state index in [9.17, 15) is 9.59 Å². The van der Waals surface area contributed by atoms with Crippen LogP contribution in [0.1, 0.15) is 22.3 Å². The fraction of sp³-hybridized carbons (Fsp3) is 0.105. The van der Waals surface area contributed by atoms with E-state index >= 15 is 0 Å². The number of hydrogen-bond acceptors (Lipinski definition) is 5. The zero-order chi connectivity index (χ0) is 18.2. The Morgan fingerprint density at radius 2 is 1.64 bits per heavy atom. The van der Waals surface area contributed by atoms with E-state index < -0.39 is 11.9 Å². The lowest BCUT2D eigenvalue weighted by molar-refractivity contribution is -0.132. The number of carbonyl (C=O) groups is 2. The number of benzene rings is 2. The van der Waals surface area contributed by atoms with Crippen LogP contribution in [-0.2, 0) is 4.79 Å². The van der Waals surface area contributed by atoms with Crippen LogP contribution in [0.15, 0.2) is 60.7 Å². The predicted octanol–water partition coefficient (Wildman–Crippen LogP) is 3.19. The number of carbonyl (C=O) groups excluding carboxylic acids is 1. The standard InChI is InChI=1S/C19H15NO5/c1-13(18(21)22)10-11-24-16-6-8-17(9-7-16)25-19(23)15-4-2-14(12-20)3-5-15/h2-9H,1,10-11H2,(H,21,22). The number of hydrogen-bond donors (Lipinski definition) is 1. The minimum Gasteiger partial charge on any atom is -0.493 e. The van der Waals surface area contributed by atoms with Crippen LogP contribution in [0.5, 0.6) is 11.5 Å². The third kappa shape index (κ3) is 5.22. The molecule has 2 aromatic rings. The number of nitriles is 1. The van der Waals surface area contributed by atoms with Crippen LogP contribution >= 0.6 is 0 Å². The van der Waals surface area contributed by atoms with Crippen molar-refractivity contribution in [1.82, 2.24) is 0 Å². The van der Waals surface area contributed by atoms with E-state index in [0.717, 1.165) is 0 Å².